The molecule has 1 N–H and O–H groups in total. The van der Waals surface area contributed by atoms with E-state index in [0.717, 1.165) is 12.5 Å². The van der Waals surface area contributed by atoms with Crippen molar-refractivity contribution in [2.45, 2.75) is 57.9 Å². The summed E-state index contributed by atoms with van der Waals surface area (Å²) in [6.45, 7) is 5.56. The molecule has 1 saturated carbocycles. The maximum atomic E-state index is 3.62. The minimum atomic E-state index is 0.568. The van der Waals surface area contributed by atoms with Crippen molar-refractivity contribution < 1.29 is 0 Å². The third kappa shape index (κ3) is 4.92. The molecule has 2 heteroatoms. The molecule has 1 unspecified atom stereocenters. The van der Waals surface area contributed by atoms with Crippen molar-refractivity contribution in [2.24, 2.45) is 5.92 Å². The van der Waals surface area contributed by atoms with Crippen LogP contribution in [0.15, 0.2) is 28.7 Å². The van der Waals surface area contributed by atoms with Gasteiger partial charge >= 0.3 is 0 Å². The minimum absolute atomic E-state index is 0.568. The third-order valence-corrected chi connectivity index (χ3v) is 4.68. The Morgan fingerprint density at radius 3 is 2.63 bits per heavy atom. The van der Waals surface area contributed by atoms with E-state index in [1.54, 1.807) is 0 Å². The topological polar surface area (TPSA) is 12.0 Å². The molecule has 0 saturated heterocycles. The van der Waals surface area contributed by atoms with Crippen molar-refractivity contribution in [3.63, 3.8) is 0 Å². The monoisotopic (exact) mass is 323 g/mol. The summed E-state index contributed by atoms with van der Waals surface area (Å²) < 4.78 is 1.20. The lowest BCUT2D eigenvalue weighted by molar-refractivity contribution is 0.416. The highest BCUT2D eigenvalue weighted by atomic mass is 79.9. The van der Waals surface area contributed by atoms with Gasteiger partial charge in [0.25, 0.3) is 0 Å². The third-order valence-electron chi connectivity index (χ3n) is 4.19. The van der Waals surface area contributed by atoms with E-state index in [2.05, 4.69) is 59.4 Å². The van der Waals surface area contributed by atoms with Gasteiger partial charge in [-0.05, 0) is 36.0 Å². The summed E-state index contributed by atoms with van der Waals surface area (Å²) in [6, 6.07) is 9.43. The molecule has 1 nitrogen and oxygen atoms in total. The van der Waals surface area contributed by atoms with Gasteiger partial charge in [-0.15, -0.1) is 0 Å². The number of halogens is 1. The molecule has 1 aliphatic rings. The second kappa shape index (κ2) is 7.44. The molecule has 0 aromatic heterocycles. The van der Waals surface area contributed by atoms with E-state index in [1.807, 2.05) is 0 Å². The molecule has 1 aromatic carbocycles. The number of rotatable bonds is 6. The first-order valence-corrected chi connectivity index (χ1v) is 8.43. The van der Waals surface area contributed by atoms with E-state index in [9.17, 15) is 0 Å². The van der Waals surface area contributed by atoms with Gasteiger partial charge in [0.2, 0.25) is 0 Å². The van der Waals surface area contributed by atoms with E-state index in [0.29, 0.717) is 12.0 Å². The quantitative estimate of drug-likeness (QED) is 0.766. The van der Waals surface area contributed by atoms with E-state index >= 15 is 0 Å². The Labute approximate surface area is 126 Å². The van der Waals surface area contributed by atoms with E-state index in [1.165, 1.54) is 42.1 Å². The first-order valence-electron chi connectivity index (χ1n) is 7.64. The first kappa shape index (κ1) is 15.1. The number of nitrogens with one attached hydrogen (secondary N) is 1. The van der Waals surface area contributed by atoms with Crippen LogP contribution in [0.4, 0.5) is 0 Å². The largest absolute Gasteiger partial charge is 0.314 e. The second-order valence-electron chi connectivity index (χ2n) is 6.20. The van der Waals surface area contributed by atoms with Crippen LogP contribution in [0.2, 0.25) is 0 Å². The number of hydrogen-bond acceptors (Lipinski definition) is 1. The molecule has 1 aromatic rings. The smallest absolute Gasteiger partial charge is 0.0178 e. The fourth-order valence-corrected chi connectivity index (χ4v) is 3.54. The molecule has 0 aliphatic heterocycles. The molecule has 0 spiro atoms. The van der Waals surface area contributed by atoms with Crippen LogP contribution in [-0.4, -0.2) is 12.6 Å². The van der Waals surface area contributed by atoms with Gasteiger partial charge in [-0.2, -0.15) is 0 Å². The maximum absolute atomic E-state index is 3.62. The van der Waals surface area contributed by atoms with Gasteiger partial charge in [0.1, 0.15) is 0 Å². The molecular weight excluding hydrogens is 298 g/mol. The Morgan fingerprint density at radius 2 is 2.00 bits per heavy atom. The van der Waals surface area contributed by atoms with Crippen molar-refractivity contribution in [1.82, 2.24) is 5.32 Å². The van der Waals surface area contributed by atoms with Gasteiger partial charge in [-0.25, -0.2) is 0 Å². The van der Waals surface area contributed by atoms with E-state index < -0.39 is 0 Å². The van der Waals surface area contributed by atoms with Crippen LogP contribution in [0.1, 0.15) is 57.4 Å². The fourth-order valence-electron chi connectivity index (χ4n) is 3.12. The van der Waals surface area contributed by atoms with Crippen molar-refractivity contribution in [3.8, 4) is 0 Å². The second-order valence-corrected chi connectivity index (χ2v) is 7.12. The van der Waals surface area contributed by atoms with Crippen LogP contribution in [-0.2, 0) is 0 Å². The Balaban J connectivity index is 2.03. The zero-order valence-electron chi connectivity index (χ0n) is 12.2. The molecule has 0 heterocycles. The van der Waals surface area contributed by atoms with Crippen molar-refractivity contribution in [1.29, 1.82) is 0 Å². The number of benzene rings is 1. The fraction of sp³-hybridized carbons (Fsp3) is 0.647. The van der Waals surface area contributed by atoms with Gasteiger partial charge in [-0.3, -0.25) is 0 Å². The zero-order valence-corrected chi connectivity index (χ0v) is 13.7. The Bertz CT molecular complexity index is 383. The van der Waals surface area contributed by atoms with E-state index in [4.69, 9.17) is 0 Å². The van der Waals surface area contributed by atoms with Crippen LogP contribution in [0.25, 0.3) is 0 Å². The Morgan fingerprint density at radius 1 is 1.26 bits per heavy atom. The first-order chi connectivity index (χ1) is 9.15. The molecule has 1 aliphatic carbocycles. The lowest BCUT2D eigenvalue weighted by Crippen LogP contribution is -2.28. The summed E-state index contributed by atoms with van der Waals surface area (Å²) in [6.07, 6.45) is 7.09. The predicted molar refractivity (Wildman–Crippen MR) is 86.6 cm³/mol. The van der Waals surface area contributed by atoms with Crippen LogP contribution in [0.3, 0.4) is 0 Å². The summed E-state index contributed by atoms with van der Waals surface area (Å²) in [4.78, 5) is 0. The molecule has 0 amide bonds. The normalized spacial score (nSPS) is 18.1. The number of hydrogen-bond donors (Lipinski definition) is 1. The maximum Gasteiger partial charge on any atom is 0.0178 e. The highest BCUT2D eigenvalue weighted by molar-refractivity contribution is 9.10. The molecule has 1 fully saturated rings. The van der Waals surface area contributed by atoms with Gasteiger partial charge in [0.15, 0.2) is 0 Å². The SMILES string of the molecule is CC(C)NCC(CC1CCCC1)c1cccc(Br)c1. The molecular formula is C17H26BrN. The Kier molecular flexibility index (Phi) is 5.90. The van der Waals surface area contributed by atoms with Crippen molar-refractivity contribution in [2.75, 3.05) is 6.54 Å². The molecule has 19 heavy (non-hydrogen) atoms. The van der Waals surface area contributed by atoms with Crippen LogP contribution < -0.4 is 5.32 Å². The van der Waals surface area contributed by atoms with Crippen molar-refractivity contribution >= 4 is 15.9 Å². The Hall–Kier alpha value is -0.340. The standard InChI is InChI=1S/C17H26BrN/c1-13(2)19-12-16(10-14-6-3-4-7-14)15-8-5-9-17(18)11-15/h5,8-9,11,13-14,16,19H,3-4,6-7,10,12H2,1-2H3. The zero-order chi connectivity index (χ0) is 13.7. The summed E-state index contributed by atoms with van der Waals surface area (Å²) in [5.41, 5.74) is 1.48. The molecule has 2 rings (SSSR count). The van der Waals surface area contributed by atoms with Crippen LogP contribution in [0.5, 0.6) is 0 Å². The van der Waals surface area contributed by atoms with Crippen LogP contribution >= 0.6 is 15.9 Å². The van der Waals surface area contributed by atoms with Gasteiger partial charge < -0.3 is 5.32 Å². The summed E-state index contributed by atoms with van der Waals surface area (Å²) >= 11 is 3.60. The summed E-state index contributed by atoms with van der Waals surface area (Å²) in [7, 11) is 0. The summed E-state index contributed by atoms with van der Waals surface area (Å²) in [5, 5.41) is 3.62. The van der Waals surface area contributed by atoms with Crippen LogP contribution in [0, 0.1) is 5.92 Å². The lowest BCUT2D eigenvalue weighted by Gasteiger charge is -2.23. The van der Waals surface area contributed by atoms with Crippen molar-refractivity contribution in [3.05, 3.63) is 34.3 Å². The van der Waals surface area contributed by atoms with Gasteiger partial charge in [0.05, 0.1) is 0 Å². The lowest BCUT2D eigenvalue weighted by atomic mass is 9.87. The highest BCUT2D eigenvalue weighted by Crippen LogP contribution is 2.34. The molecule has 106 valence electrons. The molecule has 1 atom stereocenters. The van der Waals surface area contributed by atoms with E-state index in [-0.39, 0.29) is 0 Å². The summed E-state index contributed by atoms with van der Waals surface area (Å²) in [5.74, 6) is 1.60. The van der Waals surface area contributed by atoms with Gasteiger partial charge in [0, 0.05) is 17.1 Å². The highest BCUT2D eigenvalue weighted by Gasteiger charge is 2.21. The molecule has 0 radical (unpaired) electrons. The minimum Gasteiger partial charge on any atom is -0.314 e. The average molecular weight is 324 g/mol. The average Bonchev–Trinajstić information content (AvgIpc) is 2.87. The molecule has 0 bridgehead atoms. The predicted octanol–water partition coefficient (Wildman–Crippen LogP) is 5.11. The van der Waals surface area contributed by atoms with Gasteiger partial charge in [-0.1, -0.05) is 67.6 Å².